The lowest BCUT2D eigenvalue weighted by molar-refractivity contribution is 0.0906. The second-order valence-corrected chi connectivity index (χ2v) is 5.52. The van der Waals surface area contributed by atoms with Crippen LogP contribution in [-0.4, -0.2) is 11.9 Å². The summed E-state index contributed by atoms with van der Waals surface area (Å²) in [4.78, 5) is 12.6. The number of halogens is 1. The van der Waals surface area contributed by atoms with Crippen molar-refractivity contribution in [3.8, 4) is 0 Å². The first-order chi connectivity index (χ1) is 8.58. The van der Waals surface area contributed by atoms with Gasteiger partial charge < -0.3 is 5.32 Å². The van der Waals surface area contributed by atoms with E-state index < -0.39 is 5.82 Å². The van der Waals surface area contributed by atoms with Crippen molar-refractivity contribution in [2.45, 2.75) is 43.5 Å². The molecule has 98 valence electrons. The van der Waals surface area contributed by atoms with E-state index in [0.717, 1.165) is 19.3 Å². The number of rotatable bonds is 2. The molecule has 2 rings (SSSR count). The molecule has 0 radical (unpaired) electrons. The molecule has 1 fully saturated rings. The van der Waals surface area contributed by atoms with Crippen LogP contribution in [0.2, 0.25) is 0 Å². The highest BCUT2D eigenvalue weighted by Crippen LogP contribution is 2.24. The fourth-order valence-corrected chi connectivity index (χ4v) is 2.67. The van der Waals surface area contributed by atoms with Gasteiger partial charge in [-0.3, -0.25) is 4.79 Å². The van der Waals surface area contributed by atoms with Crippen LogP contribution < -0.4 is 5.32 Å². The molecule has 1 aliphatic carbocycles. The second-order valence-electron chi connectivity index (χ2n) is 5.01. The molecule has 18 heavy (non-hydrogen) atoms. The summed E-state index contributed by atoms with van der Waals surface area (Å²) in [5, 5.41) is 2.94. The lowest BCUT2D eigenvalue weighted by atomic mass is 9.86. The molecular weight excluding hydrogens is 249 g/mol. The van der Waals surface area contributed by atoms with Crippen molar-refractivity contribution in [2.24, 2.45) is 5.92 Å². The molecule has 1 saturated carbocycles. The van der Waals surface area contributed by atoms with Crippen molar-refractivity contribution >= 4 is 18.5 Å². The topological polar surface area (TPSA) is 29.1 Å². The summed E-state index contributed by atoms with van der Waals surface area (Å²) < 4.78 is 13.6. The zero-order valence-corrected chi connectivity index (χ0v) is 11.3. The number of carbonyl (C=O) groups is 1. The maximum atomic E-state index is 13.6. The molecule has 4 heteroatoms. The average molecular weight is 267 g/mol. The third-order valence-electron chi connectivity index (χ3n) is 3.62. The van der Waals surface area contributed by atoms with E-state index in [4.69, 9.17) is 0 Å². The lowest BCUT2D eigenvalue weighted by Crippen LogP contribution is -2.41. The van der Waals surface area contributed by atoms with Crippen LogP contribution in [0, 0.1) is 11.7 Å². The van der Waals surface area contributed by atoms with Gasteiger partial charge in [0.25, 0.3) is 5.91 Å². The monoisotopic (exact) mass is 267 g/mol. The highest BCUT2D eigenvalue weighted by molar-refractivity contribution is 7.80. The molecule has 0 spiro atoms. The zero-order valence-electron chi connectivity index (χ0n) is 10.4. The molecule has 1 N–H and O–H groups in total. The highest BCUT2D eigenvalue weighted by Gasteiger charge is 2.24. The number of carbonyl (C=O) groups excluding carboxylic acids is 1. The van der Waals surface area contributed by atoms with Gasteiger partial charge in [-0.2, -0.15) is 0 Å². The summed E-state index contributed by atoms with van der Waals surface area (Å²) in [5.74, 6) is -0.360. The smallest absolute Gasteiger partial charge is 0.254 e. The van der Waals surface area contributed by atoms with Gasteiger partial charge in [-0.1, -0.05) is 19.8 Å². The Labute approximate surface area is 112 Å². The van der Waals surface area contributed by atoms with E-state index >= 15 is 0 Å². The predicted octanol–water partition coefficient (Wildman–Crippen LogP) is 3.42. The van der Waals surface area contributed by atoms with E-state index in [1.54, 1.807) is 6.07 Å². The number of nitrogens with one attached hydrogen (secondary N) is 1. The highest BCUT2D eigenvalue weighted by atomic mass is 32.1. The van der Waals surface area contributed by atoms with Crippen molar-refractivity contribution in [1.29, 1.82) is 0 Å². The van der Waals surface area contributed by atoms with Gasteiger partial charge in [-0.15, -0.1) is 12.6 Å². The summed E-state index contributed by atoms with van der Waals surface area (Å²) in [7, 11) is 0. The summed E-state index contributed by atoms with van der Waals surface area (Å²) in [6, 6.07) is 4.45. The summed E-state index contributed by atoms with van der Waals surface area (Å²) in [6.45, 7) is 2.13. The molecule has 1 amide bonds. The van der Waals surface area contributed by atoms with Crippen LogP contribution in [0.15, 0.2) is 23.1 Å². The maximum absolute atomic E-state index is 13.6. The van der Waals surface area contributed by atoms with Crippen molar-refractivity contribution in [3.05, 3.63) is 29.6 Å². The summed E-state index contributed by atoms with van der Waals surface area (Å²) in [5.41, 5.74) is 0.0836. The molecule has 2 nitrogen and oxygen atoms in total. The minimum absolute atomic E-state index is 0.0836. The number of amides is 1. The van der Waals surface area contributed by atoms with Crippen molar-refractivity contribution in [3.63, 3.8) is 0 Å². The molecule has 0 saturated heterocycles. The predicted molar refractivity (Wildman–Crippen MR) is 72.5 cm³/mol. The molecule has 1 aromatic carbocycles. The second kappa shape index (κ2) is 5.74. The Kier molecular flexibility index (Phi) is 4.27. The normalized spacial score (nSPS) is 23.7. The van der Waals surface area contributed by atoms with Crippen LogP contribution in [-0.2, 0) is 0 Å². The molecule has 1 aliphatic rings. The van der Waals surface area contributed by atoms with Crippen molar-refractivity contribution in [2.75, 3.05) is 0 Å². The van der Waals surface area contributed by atoms with E-state index in [1.165, 1.54) is 18.6 Å². The number of hydrogen-bond donors (Lipinski definition) is 2. The van der Waals surface area contributed by atoms with Gasteiger partial charge in [-0.25, -0.2) is 4.39 Å². The van der Waals surface area contributed by atoms with Crippen LogP contribution in [0.4, 0.5) is 4.39 Å². The van der Waals surface area contributed by atoms with Crippen LogP contribution in [0.3, 0.4) is 0 Å². The van der Waals surface area contributed by atoms with Gasteiger partial charge in [0.1, 0.15) is 5.82 Å². The number of thiol groups is 1. The van der Waals surface area contributed by atoms with Gasteiger partial charge >= 0.3 is 0 Å². The minimum atomic E-state index is -0.492. The maximum Gasteiger partial charge on any atom is 0.254 e. The Morgan fingerprint density at radius 3 is 2.83 bits per heavy atom. The van der Waals surface area contributed by atoms with Crippen LogP contribution in [0.5, 0.6) is 0 Å². The third-order valence-corrected chi connectivity index (χ3v) is 3.90. The summed E-state index contributed by atoms with van der Waals surface area (Å²) >= 11 is 4.13. The van der Waals surface area contributed by atoms with E-state index in [1.807, 2.05) is 0 Å². The molecule has 0 bridgehead atoms. The van der Waals surface area contributed by atoms with Crippen LogP contribution >= 0.6 is 12.6 Å². The third kappa shape index (κ3) is 3.05. The number of benzene rings is 1. The Morgan fingerprint density at radius 1 is 1.39 bits per heavy atom. The lowest BCUT2D eigenvalue weighted by Gasteiger charge is -2.29. The SMILES string of the molecule is CC1CCCCC1NC(=O)c1cc(S)ccc1F. The average Bonchev–Trinajstić information content (AvgIpc) is 2.35. The Balaban J connectivity index is 2.09. The van der Waals surface area contributed by atoms with E-state index in [9.17, 15) is 9.18 Å². The van der Waals surface area contributed by atoms with Crippen molar-refractivity contribution < 1.29 is 9.18 Å². The fraction of sp³-hybridized carbons (Fsp3) is 0.500. The standard InChI is InChI=1S/C14H18FNOS/c1-9-4-2-3-5-13(9)16-14(17)11-8-10(18)6-7-12(11)15/h6-9,13,18H,2-5H2,1H3,(H,16,17). The van der Waals surface area contributed by atoms with Crippen LogP contribution in [0.1, 0.15) is 43.0 Å². The quantitative estimate of drug-likeness (QED) is 0.790. The zero-order chi connectivity index (χ0) is 13.1. The largest absolute Gasteiger partial charge is 0.349 e. The Hall–Kier alpha value is -1.03. The van der Waals surface area contributed by atoms with Gasteiger partial charge in [-0.05, 0) is 37.0 Å². The van der Waals surface area contributed by atoms with Crippen LogP contribution in [0.25, 0.3) is 0 Å². The van der Waals surface area contributed by atoms with E-state index in [-0.39, 0.29) is 17.5 Å². The Morgan fingerprint density at radius 2 is 2.11 bits per heavy atom. The molecule has 1 aromatic rings. The molecular formula is C14H18FNOS. The molecule has 2 atom stereocenters. The molecule has 0 heterocycles. The first kappa shape index (κ1) is 13.4. The van der Waals surface area contributed by atoms with Gasteiger partial charge in [0, 0.05) is 10.9 Å². The first-order valence-electron chi connectivity index (χ1n) is 6.37. The van der Waals surface area contributed by atoms with E-state index in [0.29, 0.717) is 10.8 Å². The molecule has 0 aliphatic heterocycles. The minimum Gasteiger partial charge on any atom is -0.349 e. The van der Waals surface area contributed by atoms with Gasteiger partial charge in [0.05, 0.1) is 5.56 Å². The van der Waals surface area contributed by atoms with Crippen molar-refractivity contribution in [1.82, 2.24) is 5.32 Å². The first-order valence-corrected chi connectivity index (χ1v) is 6.82. The van der Waals surface area contributed by atoms with Gasteiger partial charge in [0.2, 0.25) is 0 Å². The Bertz CT molecular complexity index is 449. The molecule has 2 unspecified atom stereocenters. The number of hydrogen-bond acceptors (Lipinski definition) is 2. The molecule has 0 aromatic heterocycles. The van der Waals surface area contributed by atoms with Gasteiger partial charge in [0.15, 0.2) is 0 Å². The fourth-order valence-electron chi connectivity index (χ4n) is 2.46. The summed E-state index contributed by atoms with van der Waals surface area (Å²) in [6.07, 6.45) is 4.45. The van der Waals surface area contributed by atoms with E-state index in [2.05, 4.69) is 24.9 Å².